The lowest BCUT2D eigenvalue weighted by Crippen LogP contribution is -2.05. The lowest BCUT2D eigenvalue weighted by molar-refractivity contribution is 0.0505. The number of aromatic nitrogens is 2. The Morgan fingerprint density at radius 2 is 2.14 bits per heavy atom. The van der Waals surface area contributed by atoms with E-state index in [-0.39, 0.29) is 5.97 Å². The highest BCUT2D eigenvalue weighted by molar-refractivity contribution is 9.10. The van der Waals surface area contributed by atoms with Gasteiger partial charge < -0.3 is 9.72 Å². The largest absolute Gasteiger partial charge is 0.462 e. The van der Waals surface area contributed by atoms with Crippen LogP contribution in [0.4, 0.5) is 0 Å². The molecule has 4 nitrogen and oxygen atoms in total. The summed E-state index contributed by atoms with van der Waals surface area (Å²) < 4.78 is 6.15. The monoisotopic (exact) mass is 358 g/mol. The van der Waals surface area contributed by atoms with Crippen molar-refractivity contribution in [3.8, 4) is 11.4 Å². The maximum absolute atomic E-state index is 11.9. The molecule has 3 aromatic rings. The number of fused-ring (bicyclic) bond motifs is 1. The highest BCUT2D eigenvalue weighted by Crippen LogP contribution is 2.24. The predicted molar refractivity (Wildman–Crippen MR) is 89.8 cm³/mol. The van der Waals surface area contributed by atoms with E-state index in [2.05, 4.69) is 25.9 Å². The fourth-order valence-corrected chi connectivity index (χ4v) is 2.59. The first-order valence-corrected chi connectivity index (χ1v) is 7.89. The zero-order chi connectivity index (χ0) is 15.5. The Kier molecular flexibility index (Phi) is 4.24. The topological polar surface area (TPSA) is 55.0 Å². The Morgan fingerprint density at radius 1 is 1.27 bits per heavy atom. The van der Waals surface area contributed by atoms with Gasteiger partial charge in [-0.05, 0) is 36.8 Å². The van der Waals surface area contributed by atoms with Gasteiger partial charge >= 0.3 is 5.97 Å². The standard InChI is InChI=1S/C17H15BrN2O2/c1-2-8-22-17(21)12-6-7-14-15(10-12)20-16(19-14)11-4-3-5-13(18)9-11/h3-7,9-10H,2,8H2,1H3,(H,19,20). The van der Waals surface area contributed by atoms with Crippen LogP contribution < -0.4 is 0 Å². The number of imidazole rings is 1. The van der Waals surface area contributed by atoms with Gasteiger partial charge in [0.1, 0.15) is 5.82 Å². The number of esters is 1. The normalized spacial score (nSPS) is 10.8. The van der Waals surface area contributed by atoms with Gasteiger partial charge in [-0.2, -0.15) is 0 Å². The van der Waals surface area contributed by atoms with Crippen molar-refractivity contribution in [1.82, 2.24) is 9.97 Å². The number of H-pyrrole nitrogens is 1. The van der Waals surface area contributed by atoms with Crippen molar-refractivity contribution < 1.29 is 9.53 Å². The maximum atomic E-state index is 11.9. The number of aromatic amines is 1. The average molecular weight is 359 g/mol. The summed E-state index contributed by atoms with van der Waals surface area (Å²) >= 11 is 3.46. The van der Waals surface area contributed by atoms with Crippen molar-refractivity contribution in [2.75, 3.05) is 6.61 Å². The van der Waals surface area contributed by atoms with E-state index in [1.807, 2.05) is 37.3 Å². The summed E-state index contributed by atoms with van der Waals surface area (Å²) in [5, 5.41) is 0. The summed E-state index contributed by atoms with van der Waals surface area (Å²) in [6.07, 6.45) is 0.811. The summed E-state index contributed by atoms with van der Waals surface area (Å²) in [4.78, 5) is 19.7. The predicted octanol–water partition coefficient (Wildman–Crippen LogP) is 4.56. The van der Waals surface area contributed by atoms with Crippen molar-refractivity contribution in [3.63, 3.8) is 0 Å². The fraction of sp³-hybridized carbons (Fsp3) is 0.176. The number of carbonyl (C=O) groups is 1. The fourth-order valence-electron chi connectivity index (χ4n) is 2.19. The van der Waals surface area contributed by atoms with E-state index in [1.54, 1.807) is 12.1 Å². The minimum atomic E-state index is -0.303. The molecule has 0 atom stereocenters. The summed E-state index contributed by atoms with van der Waals surface area (Å²) in [5.74, 6) is 0.470. The van der Waals surface area contributed by atoms with Crippen LogP contribution in [-0.2, 0) is 4.74 Å². The Balaban J connectivity index is 1.95. The Hall–Kier alpha value is -2.14. The SMILES string of the molecule is CCCOC(=O)c1ccc2nc(-c3cccc(Br)c3)[nH]c2c1. The second-order valence-electron chi connectivity index (χ2n) is 4.96. The number of hydrogen-bond acceptors (Lipinski definition) is 3. The number of benzene rings is 2. The molecule has 0 unspecified atom stereocenters. The maximum Gasteiger partial charge on any atom is 0.338 e. The zero-order valence-electron chi connectivity index (χ0n) is 12.1. The number of ether oxygens (including phenoxy) is 1. The molecule has 1 N–H and O–H groups in total. The van der Waals surface area contributed by atoms with E-state index in [1.165, 1.54) is 0 Å². The first-order valence-electron chi connectivity index (χ1n) is 7.10. The number of rotatable bonds is 4. The number of hydrogen-bond donors (Lipinski definition) is 1. The van der Waals surface area contributed by atoms with E-state index in [0.29, 0.717) is 12.2 Å². The molecule has 112 valence electrons. The summed E-state index contributed by atoms with van der Waals surface area (Å²) in [5.41, 5.74) is 3.16. The highest BCUT2D eigenvalue weighted by Gasteiger charge is 2.11. The second-order valence-corrected chi connectivity index (χ2v) is 5.88. The van der Waals surface area contributed by atoms with Crippen molar-refractivity contribution in [2.45, 2.75) is 13.3 Å². The summed E-state index contributed by atoms with van der Waals surface area (Å²) in [6, 6.07) is 13.3. The van der Waals surface area contributed by atoms with Gasteiger partial charge in [-0.15, -0.1) is 0 Å². The Morgan fingerprint density at radius 3 is 2.91 bits per heavy atom. The molecule has 1 heterocycles. The zero-order valence-corrected chi connectivity index (χ0v) is 13.7. The third-order valence-electron chi connectivity index (χ3n) is 3.25. The minimum Gasteiger partial charge on any atom is -0.462 e. The van der Waals surface area contributed by atoms with Gasteiger partial charge in [0.15, 0.2) is 0 Å². The number of halogens is 1. The third-order valence-corrected chi connectivity index (χ3v) is 3.75. The van der Waals surface area contributed by atoms with Crippen LogP contribution >= 0.6 is 15.9 Å². The molecule has 0 aliphatic rings. The first kappa shape index (κ1) is 14.8. The molecule has 0 radical (unpaired) electrons. The summed E-state index contributed by atoms with van der Waals surface area (Å²) in [6.45, 7) is 2.40. The average Bonchev–Trinajstić information content (AvgIpc) is 2.95. The van der Waals surface area contributed by atoms with Gasteiger partial charge in [-0.25, -0.2) is 9.78 Å². The lowest BCUT2D eigenvalue weighted by atomic mass is 10.2. The molecule has 2 aromatic carbocycles. The Bertz CT molecular complexity index is 826. The smallest absolute Gasteiger partial charge is 0.338 e. The van der Waals surface area contributed by atoms with Gasteiger partial charge in [0.05, 0.1) is 23.2 Å². The van der Waals surface area contributed by atoms with Crippen molar-refractivity contribution in [1.29, 1.82) is 0 Å². The molecule has 0 amide bonds. The molecule has 0 aliphatic heterocycles. The first-order chi connectivity index (χ1) is 10.7. The van der Waals surface area contributed by atoms with Crippen LogP contribution in [0.5, 0.6) is 0 Å². The number of nitrogens with zero attached hydrogens (tertiary/aromatic N) is 1. The van der Waals surface area contributed by atoms with Crippen molar-refractivity contribution in [2.24, 2.45) is 0 Å². The van der Waals surface area contributed by atoms with Crippen LogP contribution in [0.2, 0.25) is 0 Å². The van der Waals surface area contributed by atoms with Crippen LogP contribution in [0.25, 0.3) is 22.4 Å². The molecule has 0 spiro atoms. The molecular weight excluding hydrogens is 344 g/mol. The molecule has 0 aliphatic carbocycles. The van der Waals surface area contributed by atoms with Crippen LogP contribution in [0.3, 0.4) is 0 Å². The minimum absolute atomic E-state index is 0.303. The van der Waals surface area contributed by atoms with E-state index < -0.39 is 0 Å². The van der Waals surface area contributed by atoms with Crippen LogP contribution in [0.1, 0.15) is 23.7 Å². The number of nitrogens with one attached hydrogen (secondary N) is 1. The van der Waals surface area contributed by atoms with Gasteiger partial charge in [0.25, 0.3) is 0 Å². The molecule has 3 rings (SSSR count). The summed E-state index contributed by atoms with van der Waals surface area (Å²) in [7, 11) is 0. The van der Waals surface area contributed by atoms with Crippen LogP contribution in [-0.4, -0.2) is 22.5 Å². The molecule has 22 heavy (non-hydrogen) atoms. The Labute approximate surface area is 136 Å². The third kappa shape index (κ3) is 3.04. The van der Waals surface area contributed by atoms with Crippen LogP contribution in [0, 0.1) is 0 Å². The van der Waals surface area contributed by atoms with Gasteiger partial charge in [-0.1, -0.05) is 35.0 Å². The van der Waals surface area contributed by atoms with Crippen molar-refractivity contribution >= 4 is 32.9 Å². The molecule has 5 heteroatoms. The van der Waals surface area contributed by atoms with E-state index >= 15 is 0 Å². The molecular formula is C17H15BrN2O2. The molecule has 0 saturated carbocycles. The highest BCUT2D eigenvalue weighted by atomic mass is 79.9. The quantitative estimate of drug-likeness (QED) is 0.695. The van der Waals surface area contributed by atoms with Crippen molar-refractivity contribution in [3.05, 3.63) is 52.5 Å². The van der Waals surface area contributed by atoms with E-state index in [0.717, 1.165) is 33.3 Å². The van der Waals surface area contributed by atoms with E-state index in [4.69, 9.17) is 4.74 Å². The molecule has 0 fully saturated rings. The van der Waals surface area contributed by atoms with Crippen LogP contribution in [0.15, 0.2) is 46.9 Å². The lowest BCUT2D eigenvalue weighted by Gasteiger charge is -2.02. The second kappa shape index (κ2) is 6.32. The van der Waals surface area contributed by atoms with Gasteiger partial charge in [0, 0.05) is 10.0 Å². The number of carbonyl (C=O) groups excluding carboxylic acids is 1. The molecule has 0 saturated heterocycles. The van der Waals surface area contributed by atoms with E-state index in [9.17, 15) is 4.79 Å². The van der Waals surface area contributed by atoms with Gasteiger partial charge in [0.2, 0.25) is 0 Å². The molecule has 0 bridgehead atoms. The molecule has 1 aromatic heterocycles. The van der Waals surface area contributed by atoms with Gasteiger partial charge in [-0.3, -0.25) is 0 Å².